The van der Waals surface area contributed by atoms with Crippen LogP contribution >= 0.6 is 0 Å². The molecule has 0 aliphatic carbocycles. The number of phenolic OH excluding ortho intramolecular Hbond substituents is 2. The Labute approximate surface area is 272 Å². The minimum atomic E-state index is -1.35. The van der Waals surface area contributed by atoms with Crippen LogP contribution in [0.1, 0.15) is 37.0 Å². The number of nitrogens with two attached hydrogens (primary N) is 1. The zero-order valence-corrected chi connectivity index (χ0v) is 26.3. The summed E-state index contributed by atoms with van der Waals surface area (Å²) in [5, 5.41) is 38.2. The SMILES string of the molecule is CCC(C)C(N)C(=O)NC(Cc1c[nH]c2ccccc12)C(=O)NC(Cc1ccc(O)cc1)C(=O)NC(Cc1ccc(O)cc1)C(=O)O. The molecule has 0 fully saturated rings. The first kappa shape index (κ1) is 34.5. The fourth-order valence-electron chi connectivity index (χ4n) is 5.20. The number of hydrogen-bond donors (Lipinski definition) is 8. The normalized spacial score (nSPS) is 14.4. The van der Waals surface area contributed by atoms with Crippen molar-refractivity contribution in [1.29, 1.82) is 0 Å². The molecule has 3 amide bonds. The lowest BCUT2D eigenvalue weighted by atomic mass is 9.97. The van der Waals surface area contributed by atoms with E-state index in [2.05, 4.69) is 20.9 Å². The molecule has 4 aromatic rings. The van der Waals surface area contributed by atoms with E-state index in [0.29, 0.717) is 17.5 Å². The van der Waals surface area contributed by atoms with Crippen LogP contribution in [0.3, 0.4) is 0 Å². The maximum atomic E-state index is 14.0. The summed E-state index contributed by atoms with van der Waals surface area (Å²) in [4.78, 5) is 56.2. The second kappa shape index (κ2) is 15.8. The molecule has 5 unspecified atom stereocenters. The van der Waals surface area contributed by atoms with Gasteiger partial charge in [0.05, 0.1) is 6.04 Å². The quantitative estimate of drug-likeness (QED) is 0.0963. The Bertz CT molecular complexity index is 1690. The molecule has 1 aromatic heterocycles. The summed E-state index contributed by atoms with van der Waals surface area (Å²) in [5.74, 6) is -3.35. The number of para-hydroxylation sites is 1. The topological polar surface area (TPSA) is 207 Å². The Morgan fingerprint density at radius 1 is 0.723 bits per heavy atom. The fraction of sp³-hybridized carbons (Fsp3) is 0.314. The number of hydrogen-bond acceptors (Lipinski definition) is 7. The molecule has 0 saturated heterocycles. The van der Waals surface area contributed by atoms with E-state index in [0.717, 1.165) is 16.5 Å². The summed E-state index contributed by atoms with van der Waals surface area (Å²) in [6, 6.07) is 14.9. The number of amides is 3. The number of aromatic amines is 1. The summed E-state index contributed by atoms with van der Waals surface area (Å²) in [6.45, 7) is 3.75. The van der Waals surface area contributed by atoms with E-state index in [9.17, 15) is 34.5 Å². The number of carbonyl (C=O) groups excluding carboxylic acids is 3. The Morgan fingerprint density at radius 3 is 1.77 bits per heavy atom. The molecule has 0 aliphatic heterocycles. The predicted molar refractivity (Wildman–Crippen MR) is 176 cm³/mol. The van der Waals surface area contributed by atoms with Crippen LogP contribution in [0.4, 0.5) is 0 Å². The molecule has 0 bridgehead atoms. The third-order valence-corrected chi connectivity index (χ3v) is 8.29. The molecule has 0 aliphatic rings. The maximum absolute atomic E-state index is 14.0. The Morgan fingerprint density at radius 2 is 1.21 bits per heavy atom. The van der Waals surface area contributed by atoms with Crippen molar-refractivity contribution in [2.75, 3.05) is 0 Å². The highest BCUT2D eigenvalue weighted by atomic mass is 16.4. The first-order chi connectivity index (χ1) is 22.4. The average Bonchev–Trinajstić information content (AvgIpc) is 3.47. The number of rotatable bonds is 15. The summed E-state index contributed by atoms with van der Waals surface area (Å²) in [5.41, 5.74) is 8.96. The second-order valence-electron chi connectivity index (χ2n) is 11.7. The Balaban J connectivity index is 1.61. The summed E-state index contributed by atoms with van der Waals surface area (Å²) in [6.07, 6.45) is 2.38. The lowest BCUT2D eigenvalue weighted by Crippen LogP contribution is -2.58. The van der Waals surface area contributed by atoms with Crippen molar-refractivity contribution < 1.29 is 34.5 Å². The van der Waals surface area contributed by atoms with Crippen LogP contribution in [-0.2, 0) is 38.4 Å². The fourth-order valence-corrected chi connectivity index (χ4v) is 5.20. The second-order valence-corrected chi connectivity index (χ2v) is 11.7. The predicted octanol–water partition coefficient (Wildman–Crippen LogP) is 2.52. The van der Waals surface area contributed by atoms with E-state index in [1.807, 2.05) is 38.1 Å². The Hall–Kier alpha value is -5.36. The first-order valence-electron chi connectivity index (χ1n) is 15.5. The van der Waals surface area contributed by atoms with E-state index in [-0.39, 0.29) is 36.7 Å². The van der Waals surface area contributed by atoms with E-state index in [1.165, 1.54) is 24.3 Å². The van der Waals surface area contributed by atoms with Crippen LogP contribution in [0.15, 0.2) is 79.0 Å². The number of benzene rings is 3. The van der Waals surface area contributed by atoms with Gasteiger partial charge in [-0.2, -0.15) is 0 Å². The van der Waals surface area contributed by atoms with Crippen LogP contribution < -0.4 is 21.7 Å². The zero-order chi connectivity index (χ0) is 34.1. The maximum Gasteiger partial charge on any atom is 0.326 e. The average molecular weight is 644 g/mol. The molecule has 0 saturated carbocycles. The van der Waals surface area contributed by atoms with Crippen LogP contribution in [0, 0.1) is 5.92 Å². The largest absolute Gasteiger partial charge is 0.508 e. The molecule has 5 atom stereocenters. The molecule has 12 heteroatoms. The van der Waals surface area contributed by atoms with E-state index in [1.54, 1.807) is 30.5 Å². The van der Waals surface area contributed by atoms with Crippen molar-refractivity contribution in [2.24, 2.45) is 11.7 Å². The van der Waals surface area contributed by atoms with Crippen molar-refractivity contribution in [2.45, 2.75) is 63.7 Å². The molecule has 0 radical (unpaired) electrons. The van der Waals surface area contributed by atoms with Crippen LogP contribution in [0.2, 0.25) is 0 Å². The lowest BCUT2D eigenvalue weighted by Gasteiger charge is -2.26. The first-order valence-corrected chi connectivity index (χ1v) is 15.5. The number of aliphatic carboxylic acids is 1. The molecule has 248 valence electrons. The van der Waals surface area contributed by atoms with Crippen molar-refractivity contribution in [3.8, 4) is 11.5 Å². The van der Waals surface area contributed by atoms with Gasteiger partial charge in [-0.25, -0.2) is 4.79 Å². The monoisotopic (exact) mass is 643 g/mol. The number of nitrogens with one attached hydrogen (secondary N) is 4. The lowest BCUT2D eigenvalue weighted by molar-refractivity contribution is -0.142. The van der Waals surface area contributed by atoms with Gasteiger partial charge in [0, 0.05) is 36.4 Å². The highest BCUT2D eigenvalue weighted by Gasteiger charge is 2.32. The highest BCUT2D eigenvalue weighted by molar-refractivity contribution is 5.95. The van der Waals surface area contributed by atoms with Crippen LogP contribution in [0.5, 0.6) is 11.5 Å². The number of carbonyl (C=O) groups is 4. The van der Waals surface area contributed by atoms with Gasteiger partial charge in [0.25, 0.3) is 0 Å². The number of fused-ring (bicyclic) bond motifs is 1. The molecule has 12 nitrogen and oxygen atoms in total. The number of carboxylic acids is 1. The number of aromatic hydroxyl groups is 2. The molecular formula is C35H41N5O7. The Kier molecular flexibility index (Phi) is 11.6. The minimum absolute atomic E-state index is 0.0118. The van der Waals surface area contributed by atoms with Gasteiger partial charge < -0.3 is 42.0 Å². The van der Waals surface area contributed by atoms with Gasteiger partial charge in [0.15, 0.2) is 0 Å². The van der Waals surface area contributed by atoms with Gasteiger partial charge in [-0.05, 0) is 52.9 Å². The molecular weight excluding hydrogens is 602 g/mol. The van der Waals surface area contributed by atoms with Gasteiger partial charge in [-0.1, -0.05) is 62.7 Å². The van der Waals surface area contributed by atoms with Crippen molar-refractivity contribution >= 4 is 34.6 Å². The van der Waals surface area contributed by atoms with Gasteiger partial charge >= 0.3 is 5.97 Å². The van der Waals surface area contributed by atoms with E-state index in [4.69, 9.17) is 5.73 Å². The number of phenols is 2. The third-order valence-electron chi connectivity index (χ3n) is 8.29. The molecule has 0 spiro atoms. The molecule has 47 heavy (non-hydrogen) atoms. The number of H-pyrrole nitrogens is 1. The summed E-state index contributed by atoms with van der Waals surface area (Å²) >= 11 is 0. The molecule has 4 rings (SSSR count). The van der Waals surface area contributed by atoms with E-state index >= 15 is 0 Å². The van der Waals surface area contributed by atoms with Gasteiger partial charge in [0.2, 0.25) is 17.7 Å². The van der Waals surface area contributed by atoms with Crippen molar-refractivity contribution in [3.63, 3.8) is 0 Å². The summed E-state index contributed by atoms with van der Waals surface area (Å²) < 4.78 is 0. The van der Waals surface area contributed by atoms with Gasteiger partial charge in [-0.3, -0.25) is 14.4 Å². The van der Waals surface area contributed by atoms with E-state index < -0.39 is 47.9 Å². The highest BCUT2D eigenvalue weighted by Crippen LogP contribution is 2.20. The van der Waals surface area contributed by atoms with Crippen LogP contribution in [0.25, 0.3) is 10.9 Å². The van der Waals surface area contributed by atoms with Crippen molar-refractivity contribution in [3.05, 3.63) is 95.7 Å². The van der Waals surface area contributed by atoms with Crippen LogP contribution in [-0.4, -0.2) is 68.2 Å². The number of aromatic nitrogens is 1. The number of carboxylic acid groups (broad SMARTS) is 1. The standard InChI is InChI=1S/C35H41N5O7/c1-3-20(2)31(36)34(45)39-29(18-23-19-37-27-7-5-4-6-26(23)27)33(44)38-28(16-21-8-12-24(41)13-9-21)32(43)40-30(35(46)47)17-22-10-14-25(42)15-11-22/h4-15,19-20,28-31,37,41-42H,3,16-18,36H2,1-2H3,(H,38,44)(H,39,45)(H,40,43)(H,46,47). The molecule has 1 heterocycles. The van der Waals surface area contributed by atoms with Crippen molar-refractivity contribution in [1.82, 2.24) is 20.9 Å². The molecule has 3 aromatic carbocycles. The third kappa shape index (κ3) is 9.33. The van der Waals surface area contributed by atoms with Gasteiger partial charge in [0.1, 0.15) is 29.6 Å². The minimum Gasteiger partial charge on any atom is -0.508 e. The zero-order valence-electron chi connectivity index (χ0n) is 26.3. The molecule has 9 N–H and O–H groups in total. The van der Waals surface area contributed by atoms with Gasteiger partial charge in [-0.15, -0.1) is 0 Å². The summed E-state index contributed by atoms with van der Waals surface area (Å²) in [7, 11) is 0. The smallest absolute Gasteiger partial charge is 0.326 e.